The minimum atomic E-state index is -4.19. The molecule has 0 fully saturated rings. The number of hydrogen-bond donors (Lipinski definition) is 0. The first kappa shape index (κ1) is 42.9. The Hall–Kier alpha value is 2.12. The first-order chi connectivity index (χ1) is 5.91. The maximum absolute atomic E-state index is 9.98. The highest BCUT2D eigenvalue weighted by Gasteiger charge is 2.65. The second kappa shape index (κ2) is 25.1. The van der Waals surface area contributed by atoms with Crippen molar-refractivity contribution >= 4 is 15.1 Å². The predicted octanol–water partition coefficient (Wildman–Crippen LogP) is -21.7. The molecule has 0 unspecified atom stereocenters. The third-order valence-electron chi connectivity index (χ3n) is 0.436. The molecule has 19 heteroatoms. The van der Waals surface area contributed by atoms with E-state index in [0.29, 0.717) is 0 Å². The molecule has 0 saturated carbocycles. The molecule has 0 saturated heterocycles. The average Bonchev–Trinajstić information content (AvgIpc) is 1.80. The van der Waals surface area contributed by atoms with Crippen LogP contribution in [0.15, 0.2) is 0 Å². The summed E-state index contributed by atoms with van der Waals surface area (Å²) in [5, 5.41) is 0. The molecule has 19 heavy (non-hydrogen) atoms. The SMILES string of the molecule is O.O.O.O.O.O.[O-][I+2]([O-])[O][Al]([O][I+2]([O-])[O-])[O][I+2]([O-])[O-]. The molecule has 0 aromatic rings. The van der Waals surface area contributed by atoms with Gasteiger partial charge in [0.05, 0.1) is 0 Å². The van der Waals surface area contributed by atoms with Crippen molar-refractivity contribution in [2.24, 2.45) is 0 Å². The lowest BCUT2D eigenvalue weighted by Crippen LogP contribution is -4.02. The van der Waals surface area contributed by atoms with Gasteiger partial charge in [-0.3, -0.25) is 0 Å². The lowest BCUT2D eigenvalue weighted by Gasteiger charge is -1.93. The van der Waals surface area contributed by atoms with Crippen LogP contribution in [0.1, 0.15) is 0 Å². The van der Waals surface area contributed by atoms with E-state index in [2.05, 4.69) is 6.35 Å². The zero-order valence-corrected chi connectivity index (χ0v) is 16.0. The van der Waals surface area contributed by atoms with Crippen LogP contribution in [0, 0.1) is 0 Å². The zero-order valence-electron chi connectivity index (χ0n) is 8.39. The third kappa shape index (κ3) is 33.1. The fourth-order valence-corrected chi connectivity index (χ4v) is 9.15. The van der Waals surface area contributed by atoms with Gasteiger partial charge in [-0.2, -0.15) is 0 Å². The van der Waals surface area contributed by atoms with E-state index in [1.165, 1.54) is 0 Å². The van der Waals surface area contributed by atoms with E-state index in [1.807, 2.05) is 0 Å². The Labute approximate surface area is 137 Å². The van der Waals surface area contributed by atoms with Gasteiger partial charge in [-0.1, -0.05) is 6.35 Å². The summed E-state index contributed by atoms with van der Waals surface area (Å²) >= 11 is -16.2. The lowest BCUT2D eigenvalue weighted by atomic mass is 15.7. The van der Waals surface area contributed by atoms with Gasteiger partial charge in [-0.25, -0.2) is 0 Å². The van der Waals surface area contributed by atoms with E-state index >= 15 is 0 Å². The average molecular weight is 660 g/mol. The molecule has 126 valence electrons. The molecule has 0 amide bonds. The summed E-state index contributed by atoms with van der Waals surface area (Å²) in [6, 6.07) is 0. The maximum Gasteiger partial charge on any atom is 1.19 e. The smallest absolute Gasteiger partial charge is 0.412 e. The van der Waals surface area contributed by atoms with Crippen LogP contribution in [0.4, 0.5) is 0 Å². The van der Waals surface area contributed by atoms with Gasteiger partial charge in [0.2, 0.25) is 0 Å². The maximum atomic E-state index is 9.98. The first-order valence-electron chi connectivity index (χ1n) is 2.10. The standard InChI is InChI=1S/Al.3IO3.6H2O/c;3*2-1(3)4;;;;;;/h;;;;6*1H2/q+3;3*-1;;;;;;. The van der Waals surface area contributed by atoms with Crippen molar-refractivity contribution in [3.63, 3.8) is 0 Å². The van der Waals surface area contributed by atoms with Crippen molar-refractivity contribution in [1.29, 1.82) is 0 Å². The Balaban J connectivity index is -0.0000000480. The second-order valence-electron chi connectivity index (χ2n) is 1.12. The summed E-state index contributed by atoms with van der Waals surface area (Å²) in [4.78, 5) is 0. The molecule has 0 bridgehead atoms. The van der Waals surface area contributed by atoms with E-state index in [9.17, 15) is 20.6 Å². The van der Waals surface area contributed by atoms with Crippen molar-refractivity contribution < 1.29 is 123 Å². The molecule has 0 heterocycles. The van der Waals surface area contributed by atoms with Gasteiger partial charge >= 0.3 is 78.3 Å². The van der Waals surface area contributed by atoms with Crippen LogP contribution in [0.3, 0.4) is 0 Å². The van der Waals surface area contributed by atoms with Crippen LogP contribution >= 0.6 is 0 Å². The molecule has 12 N–H and O–H groups in total. The third-order valence-corrected chi connectivity index (χ3v) is 8.78. The van der Waals surface area contributed by atoms with E-state index in [1.54, 1.807) is 0 Å². The fourth-order valence-electron chi connectivity index (χ4n) is 0.219. The molecule has 0 radical (unpaired) electrons. The van der Waals surface area contributed by atoms with Crippen molar-refractivity contribution in [1.82, 2.24) is 0 Å². The molecule has 0 spiro atoms. The van der Waals surface area contributed by atoms with Crippen LogP contribution in [0.2, 0.25) is 0 Å². The molecule has 0 aliphatic rings. The quantitative estimate of drug-likeness (QED) is 0.193. The van der Waals surface area contributed by atoms with Crippen molar-refractivity contribution in [3.8, 4) is 0 Å². The molecular weight excluding hydrogens is 648 g/mol. The number of rotatable bonds is 6. The lowest BCUT2D eigenvalue weighted by molar-refractivity contribution is -1.64. The van der Waals surface area contributed by atoms with Crippen LogP contribution in [0.5, 0.6) is 0 Å². The summed E-state index contributed by atoms with van der Waals surface area (Å²) in [6.45, 7) is 0. The van der Waals surface area contributed by atoms with Crippen LogP contribution in [0.25, 0.3) is 0 Å². The van der Waals surface area contributed by atoms with E-state index in [0.717, 1.165) is 0 Å². The summed E-state index contributed by atoms with van der Waals surface area (Å²) in [7, 11) is 0. The Morgan fingerprint density at radius 3 is 0.737 bits per heavy atom. The Morgan fingerprint density at radius 2 is 0.632 bits per heavy atom. The molecular formula is H12AlI3O15. The topological polar surface area (TPSA) is 355 Å². The summed E-state index contributed by atoms with van der Waals surface area (Å²) in [6.07, 6.45) is 0. The van der Waals surface area contributed by atoms with Crippen molar-refractivity contribution in [2.45, 2.75) is 0 Å². The molecule has 0 aromatic heterocycles. The predicted molar refractivity (Wildman–Crippen MR) is 30.7 cm³/mol. The van der Waals surface area contributed by atoms with Gasteiger partial charge in [-0.15, -0.1) is 0 Å². The monoisotopic (exact) mass is 660 g/mol. The Morgan fingerprint density at radius 1 is 0.474 bits per heavy atom. The highest BCUT2D eigenvalue weighted by Crippen LogP contribution is 1.66. The van der Waals surface area contributed by atoms with Crippen LogP contribution in [-0.2, 0) is 6.35 Å². The largest absolute Gasteiger partial charge is 1.19 e. The first-order valence-corrected chi connectivity index (χ1v) is 11.4. The molecule has 0 rings (SSSR count). The van der Waals surface area contributed by atoms with Crippen LogP contribution in [-0.4, -0.2) is 48.0 Å². The van der Waals surface area contributed by atoms with Crippen molar-refractivity contribution in [2.75, 3.05) is 0 Å². The van der Waals surface area contributed by atoms with Gasteiger partial charge in [0, 0.05) is 0 Å². The molecule has 0 aliphatic heterocycles. The van der Waals surface area contributed by atoms with E-state index < -0.39 is 78.3 Å². The minimum absolute atomic E-state index is 0. The number of halogens is 3. The fraction of sp³-hybridized carbons (Fsp3) is 0. The normalized spacial score (nSPS) is 8.05. The highest BCUT2D eigenvalue weighted by molar-refractivity contribution is 6.34. The molecule has 0 atom stereocenters. The molecule has 0 aromatic carbocycles. The van der Waals surface area contributed by atoms with Gasteiger partial charge in [0.1, 0.15) is 0 Å². The summed E-state index contributed by atoms with van der Waals surface area (Å²) in [5.41, 5.74) is 0. The minimum Gasteiger partial charge on any atom is -0.412 e. The zero-order chi connectivity index (χ0) is 10.4. The molecule has 15 nitrogen and oxygen atoms in total. The molecule has 0 aliphatic carbocycles. The summed E-state index contributed by atoms with van der Waals surface area (Å²) in [5.74, 6) is 0. The van der Waals surface area contributed by atoms with Crippen molar-refractivity contribution in [3.05, 3.63) is 0 Å². The van der Waals surface area contributed by atoms with Gasteiger partial charge in [0.25, 0.3) is 0 Å². The van der Waals surface area contributed by atoms with Crippen LogP contribution < -0.4 is 83.8 Å². The van der Waals surface area contributed by atoms with Gasteiger partial charge in [-0.05, 0) is 0 Å². The van der Waals surface area contributed by atoms with Gasteiger partial charge < -0.3 is 53.5 Å². The van der Waals surface area contributed by atoms with E-state index in [4.69, 9.17) is 0 Å². The van der Waals surface area contributed by atoms with E-state index in [-0.39, 0.29) is 32.9 Å². The Kier molecular flexibility index (Phi) is 56.6. The Bertz CT molecular complexity index is 105. The summed E-state index contributed by atoms with van der Waals surface area (Å²) < 4.78 is 71.6. The highest BCUT2D eigenvalue weighted by atomic mass is 127. The van der Waals surface area contributed by atoms with Gasteiger partial charge in [0.15, 0.2) is 0 Å². The number of hydrogen-bond acceptors (Lipinski definition) is 9. The second-order valence-corrected chi connectivity index (χ2v) is 10.0.